The molecule has 5 nitrogen and oxygen atoms in total. The summed E-state index contributed by atoms with van der Waals surface area (Å²) in [6, 6.07) is 15.2. The maximum atomic E-state index is 12.6. The van der Waals surface area contributed by atoms with Crippen LogP contribution in [0.2, 0.25) is 0 Å². The molecule has 0 unspecified atom stereocenters. The van der Waals surface area contributed by atoms with E-state index in [0.29, 0.717) is 24.4 Å². The van der Waals surface area contributed by atoms with Crippen molar-refractivity contribution in [3.05, 3.63) is 60.2 Å². The first-order chi connectivity index (χ1) is 12.1. The van der Waals surface area contributed by atoms with Gasteiger partial charge in [-0.3, -0.25) is 4.79 Å². The zero-order valence-electron chi connectivity index (χ0n) is 13.9. The maximum Gasteiger partial charge on any atom is 0.243 e. The van der Waals surface area contributed by atoms with Crippen LogP contribution < -0.4 is 4.74 Å². The lowest BCUT2D eigenvalue weighted by Crippen LogP contribution is -2.35. The van der Waals surface area contributed by atoms with Crippen LogP contribution in [0.4, 0.5) is 0 Å². The van der Waals surface area contributed by atoms with Crippen molar-refractivity contribution in [2.24, 2.45) is 0 Å². The average molecular weight is 359 g/mol. The van der Waals surface area contributed by atoms with Gasteiger partial charge in [-0.1, -0.05) is 36.8 Å². The zero-order chi connectivity index (χ0) is 17.7. The molecule has 0 atom stereocenters. The lowest BCUT2D eigenvalue weighted by Gasteiger charge is -2.25. The lowest BCUT2D eigenvalue weighted by molar-refractivity contribution is 0.0921. The van der Waals surface area contributed by atoms with E-state index in [1.165, 1.54) is 16.4 Å². The van der Waals surface area contributed by atoms with Crippen LogP contribution in [0.15, 0.2) is 59.5 Å². The molecule has 0 aromatic heterocycles. The molecule has 0 spiro atoms. The van der Waals surface area contributed by atoms with E-state index in [0.717, 1.165) is 19.3 Å². The van der Waals surface area contributed by atoms with E-state index in [1.54, 1.807) is 36.4 Å². The first kappa shape index (κ1) is 17.6. The van der Waals surface area contributed by atoms with E-state index in [1.807, 2.05) is 6.07 Å². The van der Waals surface area contributed by atoms with Crippen LogP contribution in [0.1, 0.15) is 29.6 Å². The number of carbonyl (C=O) groups excluding carboxylic acids is 1. The predicted molar refractivity (Wildman–Crippen MR) is 95.3 cm³/mol. The Kier molecular flexibility index (Phi) is 5.50. The Morgan fingerprint density at radius 3 is 2.20 bits per heavy atom. The van der Waals surface area contributed by atoms with Crippen LogP contribution in [0.5, 0.6) is 5.75 Å². The van der Waals surface area contributed by atoms with Gasteiger partial charge in [0.25, 0.3) is 0 Å². The van der Waals surface area contributed by atoms with Gasteiger partial charge in [0.2, 0.25) is 10.0 Å². The number of carbonyl (C=O) groups is 1. The fraction of sp³-hybridized carbons (Fsp3) is 0.316. The van der Waals surface area contributed by atoms with Gasteiger partial charge in [-0.2, -0.15) is 4.31 Å². The van der Waals surface area contributed by atoms with Crippen molar-refractivity contribution in [3.8, 4) is 5.75 Å². The van der Waals surface area contributed by atoms with E-state index < -0.39 is 10.0 Å². The number of nitrogens with zero attached hydrogens (tertiary/aromatic N) is 1. The topological polar surface area (TPSA) is 63.7 Å². The van der Waals surface area contributed by atoms with Gasteiger partial charge in [-0.15, -0.1) is 0 Å². The summed E-state index contributed by atoms with van der Waals surface area (Å²) in [5, 5.41) is 0. The van der Waals surface area contributed by atoms with Crippen LogP contribution in [0.3, 0.4) is 0 Å². The Balaban J connectivity index is 1.63. The van der Waals surface area contributed by atoms with E-state index in [-0.39, 0.29) is 17.3 Å². The number of benzene rings is 2. The summed E-state index contributed by atoms with van der Waals surface area (Å²) >= 11 is 0. The van der Waals surface area contributed by atoms with Crippen molar-refractivity contribution in [1.29, 1.82) is 0 Å². The number of hydrogen-bond acceptors (Lipinski definition) is 4. The second-order valence-electron chi connectivity index (χ2n) is 6.01. The first-order valence-electron chi connectivity index (χ1n) is 8.39. The quantitative estimate of drug-likeness (QED) is 0.744. The summed E-state index contributed by atoms with van der Waals surface area (Å²) in [6.45, 7) is 1.07. The number of ketones is 1. The van der Waals surface area contributed by atoms with Gasteiger partial charge in [0, 0.05) is 18.7 Å². The molecule has 0 bridgehead atoms. The second kappa shape index (κ2) is 7.80. The molecule has 25 heavy (non-hydrogen) atoms. The molecule has 3 rings (SSSR count). The summed E-state index contributed by atoms with van der Waals surface area (Å²) < 4.78 is 32.2. The molecule has 0 radical (unpaired) electrons. The molecule has 0 saturated carbocycles. The Morgan fingerprint density at radius 1 is 0.920 bits per heavy atom. The van der Waals surface area contributed by atoms with Crippen LogP contribution in [-0.2, 0) is 10.0 Å². The van der Waals surface area contributed by atoms with Crippen molar-refractivity contribution < 1.29 is 17.9 Å². The Bertz CT molecular complexity index is 810. The third-order valence-corrected chi connectivity index (χ3v) is 6.16. The van der Waals surface area contributed by atoms with Crippen LogP contribution in [0, 0.1) is 0 Å². The van der Waals surface area contributed by atoms with Gasteiger partial charge in [-0.05, 0) is 37.1 Å². The van der Waals surface area contributed by atoms with E-state index in [2.05, 4.69) is 0 Å². The molecule has 2 aromatic rings. The lowest BCUT2D eigenvalue weighted by atomic mass is 10.1. The molecule has 2 aromatic carbocycles. The Morgan fingerprint density at radius 2 is 1.56 bits per heavy atom. The predicted octanol–water partition coefficient (Wildman–Crippen LogP) is 3.12. The summed E-state index contributed by atoms with van der Waals surface area (Å²) in [6.07, 6.45) is 2.89. The Labute approximate surface area is 148 Å². The van der Waals surface area contributed by atoms with E-state index in [9.17, 15) is 13.2 Å². The SMILES string of the molecule is O=C(COc1ccc(S(=O)(=O)N2CCCCC2)cc1)c1ccccc1. The smallest absolute Gasteiger partial charge is 0.243 e. The normalized spacial score (nSPS) is 15.7. The number of rotatable bonds is 6. The number of piperidine rings is 1. The molecule has 1 aliphatic rings. The minimum absolute atomic E-state index is 0.0811. The Hall–Kier alpha value is -2.18. The maximum absolute atomic E-state index is 12.6. The molecule has 6 heteroatoms. The fourth-order valence-electron chi connectivity index (χ4n) is 2.82. The standard InChI is InChI=1S/C19H21NO4S/c21-19(16-7-3-1-4-8-16)15-24-17-9-11-18(12-10-17)25(22,23)20-13-5-2-6-14-20/h1,3-4,7-12H,2,5-6,13-15H2. The highest BCUT2D eigenvalue weighted by molar-refractivity contribution is 7.89. The van der Waals surface area contributed by atoms with Crippen molar-refractivity contribution >= 4 is 15.8 Å². The molecular weight excluding hydrogens is 338 g/mol. The number of ether oxygens (including phenoxy) is 1. The first-order valence-corrected chi connectivity index (χ1v) is 9.83. The summed E-state index contributed by atoms with van der Waals surface area (Å²) in [7, 11) is -3.44. The molecule has 1 aliphatic heterocycles. The van der Waals surface area contributed by atoms with Crippen molar-refractivity contribution in [2.75, 3.05) is 19.7 Å². The molecule has 132 valence electrons. The van der Waals surface area contributed by atoms with Crippen molar-refractivity contribution in [1.82, 2.24) is 4.31 Å². The van der Waals surface area contributed by atoms with Crippen LogP contribution >= 0.6 is 0 Å². The number of sulfonamides is 1. The molecule has 0 N–H and O–H groups in total. The highest BCUT2D eigenvalue weighted by Crippen LogP contribution is 2.22. The number of Topliss-reactive ketones (excluding diaryl/α,β-unsaturated/α-hetero) is 1. The van der Waals surface area contributed by atoms with E-state index >= 15 is 0 Å². The van der Waals surface area contributed by atoms with Crippen molar-refractivity contribution in [3.63, 3.8) is 0 Å². The van der Waals surface area contributed by atoms with Crippen LogP contribution in [0.25, 0.3) is 0 Å². The van der Waals surface area contributed by atoms with Gasteiger partial charge < -0.3 is 4.74 Å². The van der Waals surface area contributed by atoms with E-state index in [4.69, 9.17) is 4.74 Å². The summed E-state index contributed by atoms with van der Waals surface area (Å²) in [5.41, 5.74) is 0.590. The van der Waals surface area contributed by atoms with Gasteiger partial charge in [0.05, 0.1) is 4.90 Å². The third-order valence-electron chi connectivity index (χ3n) is 4.24. The monoisotopic (exact) mass is 359 g/mol. The molecule has 1 fully saturated rings. The highest BCUT2D eigenvalue weighted by Gasteiger charge is 2.25. The minimum Gasteiger partial charge on any atom is -0.485 e. The fourth-order valence-corrected chi connectivity index (χ4v) is 4.34. The largest absolute Gasteiger partial charge is 0.485 e. The summed E-state index contributed by atoms with van der Waals surface area (Å²) in [5.74, 6) is 0.354. The van der Waals surface area contributed by atoms with Crippen LogP contribution in [-0.4, -0.2) is 38.2 Å². The molecule has 0 amide bonds. The van der Waals surface area contributed by atoms with Gasteiger partial charge in [0.15, 0.2) is 12.4 Å². The molecule has 0 aliphatic carbocycles. The zero-order valence-corrected chi connectivity index (χ0v) is 14.7. The van der Waals surface area contributed by atoms with Gasteiger partial charge >= 0.3 is 0 Å². The van der Waals surface area contributed by atoms with Gasteiger partial charge in [0.1, 0.15) is 5.75 Å². The summed E-state index contributed by atoms with van der Waals surface area (Å²) in [4.78, 5) is 12.3. The molecule has 1 heterocycles. The molecular formula is C19H21NO4S. The molecule has 1 saturated heterocycles. The minimum atomic E-state index is -3.44. The highest BCUT2D eigenvalue weighted by atomic mass is 32.2. The van der Waals surface area contributed by atoms with Gasteiger partial charge in [-0.25, -0.2) is 8.42 Å². The number of hydrogen-bond donors (Lipinski definition) is 0. The third kappa shape index (κ3) is 4.27. The van der Waals surface area contributed by atoms with Crippen molar-refractivity contribution in [2.45, 2.75) is 24.2 Å². The average Bonchev–Trinajstić information content (AvgIpc) is 2.68. The second-order valence-corrected chi connectivity index (χ2v) is 7.95.